The van der Waals surface area contributed by atoms with Crippen molar-refractivity contribution >= 4 is 38.9 Å². The molecule has 132 valence electrons. The summed E-state index contributed by atoms with van der Waals surface area (Å²) in [5.74, 6) is -0.136. The lowest BCUT2D eigenvalue weighted by Gasteiger charge is -2.19. The summed E-state index contributed by atoms with van der Waals surface area (Å²) >= 11 is 6.18. The second kappa shape index (κ2) is 6.69. The van der Waals surface area contributed by atoms with Gasteiger partial charge in [-0.1, -0.05) is 17.7 Å². The summed E-state index contributed by atoms with van der Waals surface area (Å²) in [5, 5.41) is 3.15. The number of carbonyl (C=O) groups excluding carboxylic acids is 1. The first-order chi connectivity index (χ1) is 11.8. The number of anilines is 2. The molecule has 3 rings (SSSR count). The first-order valence-corrected chi connectivity index (χ1v) is 9.95. The third-order valence-corrected chi connectivity index (χ3v) is 6.52. The van der Waals surface area contributed by atoms with E-state index in [9.17, 15) is 13.2 Å². The highest BCUT2D eigenvalue weighted by atomic mass is 35.5. The molecule has 1 heterocycles. The average molecular weight is 379 g/mol. The Kier molecular flexibility index (Phi) is 4.75. The van der Waals surface area contributed by atoms with Crippen LogP contribution < -0.4 is 9.62 Å². The van der Waals surface area contributed by atoms with E-state index in [1.54, 1.807) is 24.3 Å². The summed E-state index contributed by atoms with van der Waals surface area (Å²) in [4.78, 5) is 12.4. The molecule has 25 heavy (non-hydrogen) atoms. The number of benzene rings is 2. The van der Waals surface area contributed by atoms with Gasteiger partial charge < -0.3 is 5.32 Å². The molecule has 0 aromatic heterocycles. The zero-order chi connectivity index (χ0) is 18.2. The van der Waals surface area contributed by atoms with Crippen LogP contribution in [0.3, 0.4) is 0 Å². The number of sulfonamides is 1. The fraction of sp³-hybridized carbons (Fsp3) is 0.278. The molecule has 0 bridgehead atoms. The highest BCUT2D eigenvalue weighted by Gasteiger charge is 2.30. The van der Waals surface area contributed by atoms with Crippen molar-refractivity contribution in [1.29, 1.82) is 0 Å². The quantitative estimate of drug-likeness (QED) is 0.884. The normalized spacial score (nSPS) is 16.0. The Labute approximate surface area is 152 Å². The van der Waals surface area contributed by atoms with Gasteiger partial charge in [0.25, 0.3) is 5.91 Å². The van der Waals surface area contributed by atoms with Gasteiger partial charge >= 0.3 is 0 Å². The number of halogens is 1. The fourth-order valence-corrected chi connectivity index (χ4v) is 4.62. The van der Waals surface area contributed by atoms with Crippen molar-refractivity contribution in [2.24, 2.45) is 0 Å². The van der Waals surface area contributed by atoms with Crippen LogP contribution in [-0.4, -0.2) is 26.6 Å². The van der Waals surface area contributed by atoms with Crippen molar-refractivity contribution in [3.05, 3.63) is 58.1 Å². The van der Waals surface area contributed by atoms with Gasteiger partial charge in [-0.3, -0.25) is 9.10 Å². The molecule has 2 aromatic rings. The second-order valence-corrected chi connectivity index (χ2v) is 8.58. The molecule has 1 aliphatic heterocycles. The minimum atomic E-state index is -3.33. The molecular weight excluding hydrogens is 360 g/mol. The Balaban J connectivity index is 1.87. The molecule has 0 unspecified atom stereocenters. The lowest BCUT2D eigenvalue weighted by Crippen LogP contribution is -2.25. The molecule has 0 radical (unpaired) electrons. The Hall–Kier alpha value is -2.05. The van der Waals surface area contributed by atoms with Gasteiger partial charge in [-0.25, -0.2) is 8.42 Å². The smallest absolute Gasteiger partial charge is 0.255 e. The van der Waals surface area contributed by atoms with E-state index in [1.807, 2.05) is 26.0 Å². The molecule has 7 heteroatoms. The van der Waals surface area contributed by atoms with Crippen molar-refractivity contribution in [1.82, 2.24) is 0 Å². The molecule has 0 atom stereocenters. The highest BCUT2D eigenvalue weighted by Crippen LogP contribution is 2.33. The summed E-state index contributed by atoms with van der Waals surface area (Å²) in [6.45, 7) is 4.33. The number of hydrogen-bond donors (Lipinski definition) is 1. The summed E-state index contributed by atoms with van der Waals surface area (Å²) in [7, 11) is -3.33. The van der Waals surface area contributed by atoms with Gasteiger partial charge in [-0.2, -0.15) is 0 Å². The molecule has 1 saturated heterocycles. The van der Waals surface area contributed by atoms with Gasteiger partial charge in [0, 0.05) is 17.8 Å². The predicted molar refractivity (Wildman–Crippen MR) is 101 cm³/mol. The number of aryl methyl sites for hydroxylation is 2. The summed E-state index contributed by atoms with van der Waals surface area (Å²) in [6.07, 6.45) is 0.567. The molecule has 1 fully saturated rings. The number of hydrogen-bond acceptors (Lipinski definition) is 3. The van der Waals surface area contributed by atoms with Crippen LogP contribution in [-0.2, 0) is 10.0 Å². The maximum Gasteiger partial charge on any atom is 0.255 e. The van der Waals surface area contributed by atoms with Crippen molar-refractivity contribution in [2.75, 3.05) is 21.9 Å². The highest BCUT2D eigenvalue weighted by molar-refractivity contribution is 7.93. The molecular formula is C18H19ClN2O3S. The molecule has 1 amide bonds. The van der Waals surface area contributed by atoms with Gasteiger partial charge in [0.15, 0.2) is 0 Å². The maximum atomic E-state index is 12.4. The van der Waals surface area contributed by atoms with Gasteiger partial charge in [-0.05, 0) is 61.7 Å². The van der Waals surface area contributed by atoms with Crippen molar-refractivity contribution in [2.45, 2.75) is 20.3 Å². The summed E-state index contributed by atoms with van der Waals surface area (Å²) in [6, 6.07) is 10.3. The topological polar surface area (TPSA) is 66.5 Å². The predicted octanol–water partition coefficient (Wildman–Crippen LogP) is 3.75. The third-order valence-electron chi connectivity index (χ3n) is 4.34. The summed E-state index contributed by atoms with van der Waals surface area (Å²) < 4.78 is 25.5. The van der Waals surface area contributed by atoms with Crippen LogP contribution in [0, 0.1) is 13.8 Å². The molecule has 0 aliphatic carbocycles. The Morgan fingerprint density at radius 3 is 2.52 bits per heavy atom. The van der Waals surface area contributed by atoms with Crippen molar-refractivity contribution in [3.63, 3.8) is 0 Å². The number of amides is 1. The molecule has 1 aliphatic rings. The van der Waals surface area contributed by atoms with Crippen molar-refractivity contribution < 1.29 is 13.2 Å². The van der Waals surface area contributed by atoms with Crippen LogP contribution in [0.15, 0.2) is 36.4 Å². The lowest BCUT2D eigenvalue weighted by molar-refractivity contribution is 0.102. The fourth-order valence-electron chi connectivity index (χ4n) is 2.78. The molecule has 5 nitrogen and oxygen atoms in total. The van der Waals surface area contributed by atoms with Gasteiger partial charge in [-0.15, -0.1) is 0 Å². The average Bonchev–Trinajstić information content (AvgIpc) is 2.91. The SMILES string of the molecule is Cc1ccc(C(=O)Nc2ccc(Cl)c(N3CCCS3(=O)=O)c2)cc1C. The third kappa shape index (κ3) is 3.65. The maximum absolute atomic E-state index is 12.4. The zero-order valence-electron chi connectivity index (χ0n) is 14.0. The van der Waals surface area contributed by atoms with Crippen LogP contribution >= 0.6 is 11.6 Å². The molecule has 0 spiro atoms. The second-order valence-electron chi connectivity index (χ2n) is 6.16. The minimum Gasteiger partial charge on any atom is -0.322 e. The van der Waals surface area contributed by atoms with Crippen LogP contribution in [0.1, 0.15) is 27.9 Å². The minimum absolute atomic E-state index is 0.114. The van der Waals surface area contributed by atoms with Gasteiger partial charge in [0.1, 0.15) is 0 Å². The lowest BCUT2D eigenvalue weighted by atomic mass is 10.1. The van der Waals surface area contributed by atoms with E-state index in [0.29, 0.717) is 34.9 Å². The molecule has 1 N–H and O–H groups in total. The zero-order valence-corrected chi connectivity index (χ0v) is 15.6. The number of nitrogens with one attached hydrogen (secondary N) is 1. The summed E-state index contributed by atoms with van der Waals surface area (Å²) in [5.41, 5.74) is 3.60. The first kappa shape index (κ1) is 17.8. The molecule has 2 aromatic carbocycles. The largest absolute Gasteiger partial charge is 0.322 e. The van der Waals surface area contributed by atoms with Gasteiger partial charge in [0.2, 0.25) is 10.0 Å². The number of carbonyl (C=O) groups is 1. The monoisotopic (exact) mass is 378 g/mol. The van der Waals surface area contributed by atoms with E-state index in [4.69, 9.17) is 11.6 Å². The number of nitrogens with zero attached hydrogens (tertiary/aromatic N) is 1. The standard InChI is InChI=1S/C18H19ClN2O3S/c1-12-4-5-14(10-13(12)2)18(22)20-15-6-7-16(19)17(11-15)21-8-3-9-25(21,23)24/h4-7,10-11H,3,8-9H2,1-2H3,(H,20,22). The van der Waals surface area contributed by atoms with E-state index in [-0.39, 0.29) is 11.7 Å². The van der Waals surface area contributed by atoms with E-state index < -0.39 is 10.0 Å². The van der Waals surface area contributed by atoms with Crippen LogP contribution in [0.5, 0.6) is 0 Å². The van der Waals surface area contributed by atoms with Crippen LogP contribution in [0.25, 0.3) is 0 Å². The first-order valence-electron chi connectivity index (χ1n) is 7.96. The van der Waals surface area contributed by atoms with Crippen LogP contribution in [0.4, 0.5) is 11.4 Å². The number of rotatable bonds is 3. The van der Waals surface area contributed by atoms with Gasteiger partial charge in [0.05, 0.1) is 16.5 Å². The van der Waals surface area contributed by atoms with E-state index in [1.165, 1.54) is 4.31 Å². The van der Waals surface area contributed by atoms with Crippen molar-refractivity contribution in [3.8, 4) is 0 Å². The van der Waals surface area contributed by atoms with Crippen LogP contribution in [0.2, 0.25) is 5.02 Å². The Morgan fingerprint density at radius 1 is 1.12 bits per heavy atom. The van der Waals surface area contributed by atoms with E-state index in [0.717, 1.165) is 11.1 Å². The molecule has 0 saturated carbocycles. The van der Waals surface area contributed by atoms with E-state index >= 15 is 0 Å². The Morgan fingerprint density at radius 2 is 1.88 bits per heavy atom. The Bertz CT molecular complexity index is 941. The van der Waals surface area contributed by atoms with E-state index in [2.05, 4.69) is 5.32 Å².